The quantitative estimate of drug-likeness (QED) is 0.413. The minimum atomic E-state index is -0.547. The minimum absolute atomic E-state index is 0.0990. The van der Waals surface area contributed by atoms with Crippen LogP contribution in [0.25, 0.3) is 0 Å². The number of hydrogen-bond donors (Lipinski definition) is 3. The lowest BCUT2D eigenvalue weighted by atomic mass is 10.1. The third-order valence-electron chi connectivity index (χ3n) is 3.74. The fourth-order valence-electron chi connectivity index (χ4n) is 2.40. The average molecular weight is 386 g/mol. The Bertz CT molecular complexity index is 950. The normalized spacial score (nSPS) is 10.4. The molecule has 0 aliphatic rings. The summed E-state index contributed by atoms with van der Waals surface area (Å²) in [5, 5.41) is 27.5. The van der Waals surface area contributed by atoms with Crippen LogP contribution in [0, 0.1) is 10.1 Å². The first-order valence-electron chi connectivity index (χ1n) is 8.07. The fraction of sp³-hybridized carbons (Fsp3) is 0.111. The smallest absolute Gasteiger partial charge is 0.329 e. The van der Waals surface area contributed by atoms with Crippen molar-refractivity contribution < 1.29 is 10.0 Å². The molecule has 27 heavy (non-hydrogen) atoms. The molecule has 3 aromatic rings. The van der Waals surface area contributed by atoms with Gasteiger partial charge in [-0.1, -0.05) is 29.8 Å². The van der Waals surface area contributed by atoms with Crippen LogP contribution < -0.4 is 10.6 Å². The zero-order valence-corrected chi connectivity index (χ0v) is 14.8. The summed E-state index contributed by atoms with van der Waals surface area (Å²) in [5.74, 6) is 0.497. The number of para-hydroxylation sites is 1. The number of aromatic nitrogens is 2. The molecule has 3 rings (SSSR count). The molecule has 1 aromatic heterocycles. The summed E-state index contributed by atoms with van der Waals surface area (Å²) in [5.41, 5.74) is 1.21. The number of phenolic OH excluding ortho intramolecular Hbond substituents is 1. The molecule has 138 valence electrons. The van der Waals surface area contributed by atoms with Gasteiger partial charge in [0, 0.05) is 17.3 Å². The van der Waals surface area contributed by atoms with E-state index in [0.717, 1.165) is 11.8 Å². The number of rotatable bonds is 7. The minimum Gasteiger partial charge on any atom is -0.508 e. The van der Waals surface area contributed by atoms with E-state index in [0.29, 0.717) is 23.7 Å². The molecule has 1 heterocycles. The molecule has 0 aliphatic carbocycles. The summed E-state index contributed by atoms with van der Waals surface area (Å²) >= 11 is 5.85. The van der Waals surface area contributed by atoms with Crippen LogP contribution in [-0.4, -0.2) is 26.5 Å². The third kappa shape index (κ3) is 4.83. The number of anilines is 3. The van der Waals surface area contributed by atoms with Gasteiger partial charge in [0.1, 0.15) is 11.9 Å². The van der Waals surface area contributed by atoms with Crippen LogP contribution in [-0.2, 0) is 6.42 Å². The standard InChI is InChI=1S/C18H16ClN5O3/c19-13-5-7-14(8-6-13)22-18-21-11-15(24(26)27)17(23-18)20-10-9-12-3-1-2-4-16(12)25/h1-8,11,25H,9-10H2,(H2,20,21,22,23). The Balaban J connectivity index is 1.74. The lowest BCUT2D eigenvalue weighted by Crippen LogP contribution is -2.10. The number of hydrogen-bond acceptors (Lipinski definition) is 7. The van der Waals surface area contributed by atoms with Gasteiger partial charge in [0.25, 0.3) is 0 Å². The number of nitrogens with one attached hydrogen (secondary N) is 2. The topological polar surface area (TPSA) is 113 Å². The van der Waals surface area contributed by atoms with Crippen LogP contribution in [0.4, 0.5) is 23.1 Å². The third-order valence-corrected chi connectivity index (χ3v) is 4.00. The second kappa shape index (κ2) is 8.33. The van der Waals surface area contributed by atoms with E-state index in [1.165, 1.54) is 0 Å². The second-order valence-electron chi connectivity index (χ2n) is 5.62. The maximum atomic E-state index is 11.2. The molecule has 8 nitrogen and oxygen atoms in total. The van der Waals surface area contributed by atoms with Crippen molar-refractivity contribution in [3.8, 4) is 5.75 Å². The van der Waals surface area contributed by atoms with Gasteiger partial charge in [0.2, 0.25) is 11.8 Å². The Labute approximate surface area is 160 Å². The Hall–Kier alpha value is -3.39. The first-order valence-corrected chi connectivity index (χ1v) is 8.45. The number of halogens is 1. The molecule has 0 bridgehead atoms. The van der Waals surface area contributed by atoms with E-state index in [-0.39, 0.29) is 23.2 Å². The maximum absolute atomic E-state index is 11.2. The van der Waals surface area contributed by atoms with Crippen molar-refractivity contribution in [2.75, 3.05) is 17.2 Å². The van der Waals surface area contributed by atoms with Crippen molar-refractivity contribution >= 4 is 34.7 Å². The van der Waals surface area contributed by atoms with E-state index in [9.17, 15) is 15.2 Å². The Morgan fingerprint density at radius 2 is 1.89 bits per heavy atom. The first-order chi connectivity index (χ1) is 13.0. The van der Waals surface area contributed by atoms with E-state index in [2.05, 4.69) is 20.6 Å². The fourth-order valence-corrected chi connectivity index (χ4v) is 2.53. The van der Waals surface area contributed by atoms with E-state index in [1.54, 1.807) is 42.5 Å². The highest BCUT2D eigenvalue weighted by Crippen LogP contribution is 2.24. The summed E-state index contributed by atoms with van der Waals surface area (Å²) in [6.45, 7) is 0.357. The van der Waals surface area contributed by atoms with Gasteiger partial charge in [-0.3, -0.25) is 10.1 Å². The Morgan fingerprint density at radius 3 is 2.59 bits per heavy atom. The lowest BCUT2D eigenvalue weighted by Gasteiger charge is -2.10. The average Bonchev–Trinajstić information content (AvgIpc) is 2.65. The van der Waals surface area contributed by atoms with Crippen molar-refractivity contribution in [2.24, 2.45) is 0 Å². The Morgan fingerprint density at radius 1 is 1.15 bits per heavy atom. The SMILES string of the molecule is O=[N+]([O-])c1cnc(Nc2ccc(Cl)cc2)nc1NCCc1ccccc1O. The van der Waals surface area contributed by atoms with Crippen molar-refractivity contribution in [2.45, 2.75) is 6.42 Å². The highest BCUT2D eigenvalue weighted by atomic mass is 35.5. The van der Waals surface area contributed by atoms with Crippen LogP contribution in [0.3, 0.4) is 0 Å². The molecule has 0 saturated heterocycles. The lowest BCUT2D eigenvalue weighted by molar-refractivity contribution is -0.384. The molecule has 0 radical (unpaired) electrons. The summed E-state index contributed by atoms with van der Waals surface area (Å²) < 4.78 is 0. The van der Waals surface area contributed by atoms with Crippen LogP contribution in [0.1, 0.15) is 5.56 Å². The molecule has 3 N–H and O–H groups in total. The zero-order chi connectivity index (χ0) is 19.2. The molecule has 2 aromatic carbocycles. The molecule has 0 unspecified atom stereocenters. The van der Waals surface area contributed by atoms with Crippen LogP contribution in [0.5, 0.6) is 5.75 Å². The summed E-state index contributed by atoms with van der Waals surface area (Å²) in [6.07, 6.45) is 1.63. The predicted molar refractivity (Wildman–Crippen MR) is 104 cm³/mol. The van der Waals surface area contributed by atoms with Gasteiger partial charge in [-0.15, -0.1) is 0 Å². The highest BCUT2D eigenvalue weighted by Gasteiger charge is 2.17. The number of nitrogens with zero attached hydrogens (tertiary/aromatic N) is 3. The van der Waals surface area contributed by atoms with Crippen molar-refractivity contribution in [1.82, 2.24) is 9.97 Å². The van der Waals surface area contributed by atoms with E-state index >= 15 is 0 Å². The van der Waals surface area contributed by atoms with Crippen molar-refractivity contribution in [1.29, 1.82) is 0 Å². The van der Waals surface area contributed by atoms with Gasteiger partial charge >= 0.3 is 5.69 Å². The van der Waals surface area contributed by atoms with Crippen LogP contribution in [0.2, 0.25) is 5.02 Å². The van der Waals surface area contributed by atoms with Gasteiger partial charge in [-0.2, -0.15) is 4.98 Å². The second-order valence-corrected chi connectivity index (χ2v) is 6.06. The highest BCUT2D eigenvalue weighted by molar-refractivity contribution is 6.30. The molecule has 0 fully saturated rings. The molecule has 0 atom stereocenters. The number of phenols is 1. The molecule has 0 saturated carbocycles. The van der Waals surface area contributed by atoms with Crippen molar-refractivity contribution in [3.05, 3.63) is 75.4 Å². The molecule has 0 aliphatic heterocycles. The molecule has 0 spiro atoms. The number of benzene rings is 2. The predicted octanol–water partition coefficient (Wildman–Crippen LogP) is 4.14. The summed E-state index contributed by atoms with van der Waals surface area (Å²) in [6, 6.07) is 13.8. The van der Waals surface area contributed by atoms with Crippen molar-refractivity contribution in [3.63, 3.8) is 0 Å². The van der Waals surface area contributed by atoms with Gasteiger partial charge < -0.3 is 15.7 Å². The molecular formula is C18H16ClN5O3. The summed E-state index contributed by atoms with van der Waals surface area (Å²) in [4.78, 5) is 18.9. The number of nitro groups is 1. The Kier molecular flexibility index (Phi) is 5.68. The monoisotopic (exact) mass is 385 g/mol. The van der Waals surface area contributed by atoms with Crippen LogP contribution in [0.15, 0.2) is 54.7 Å². The summed E-state index contributed by atoms with van der Waals surface area (Å²) in [7, 11) is 0. The molecule has 9 heteroatoms. The van der Waals surface area contributed by atoms with Gasteiger partial charge in [0.15, 0.2) is 0 Å². The first kappa shape index (κ1) is 18.4. The van der Waals surface area contributed by atoms with E-state index in [1.807, 2.05) is 6.07 Å². The number of aromatic hydroxyl groups is 1. The van der Waals surface area contributed by atoms with E-state index < -0.39 is 4.92 Å². The molecular weight excluding hydrogens is 370 g/mol. The zero-order valence-electron chi connectivity index (χ0n) is 14.1. The van der Waals surface area contributed by atoms with Gasteiger partial charge in [-0.05, 0) is 42.3 Å². The van der Waals surface area contributed by atoms with Gasteiger partial charge in [-0.25, -0.2) is 4.98 Å². The molecule has 0 amide bonds. The van der Waals surface area contributed by atoms with Crippen LogP contribution >= 0.6 is 11.6 Å². The largest absolute Gasteiger partial charge is 0.508 e. The van der Waals surface area contributed by atoms with E-state index in [4.69, 9.17) is 11.6 Å². The maximum Gasteiger partial charge on any atom is 0.329 e. The van der Waals surface area contributed by atoms with Gasteiger partial charge in [0.05, 0.1) is 4.92 Å².